The third-order valence-electron chi connectivity index (χ3n) is 19.0. The van der Waals surface area contributed by atoms with Gasteiger partial charge < -0.3 is 85.6 Å². The summed E-state index contributed by atoms with van der Waals surface area (Å²) in [5, 5.41) is 49.1. The molecule has 6 aromatic rings. The molecule has 5 amide bonds. The number of hydrogen-bond acceptors (Lipinski definition) is 29. The van der Waals surface area contributed by atoms with E-state index >= 15 is 0 Å². The zero-order valence-electron chi connectivity index (χ0n) is 60.8. The lowest BCUT2D eigenvalue weighted by molar-refractivity contribution is -0.175. The highest BCUT2D eigenvalue weighted by atomic mass is 33.1. The molecule has 0 bridgehead atoms. The van der Waals surface area contributed by atoms with Crippen molar-refractivity contribution >= 4 is 125 Å². The molecule has 9 atom stereocenters. The maximum Gasteiger partial charge on any atom is 0.509 e. The summed E-state index contributed by atoms with van der Waals surface area (Å²) in [6.07, 6.45) is -4.72. The quantitative estimate of drug-likeness (QED) is 0.00847. The minimum atomic E-state index is -2.04. The van der Waals surface area contributed by atoms with Gasteiger partial charge in [-0.2, -0.15) is 0 Å². The smallest absolute Gasteiger partial charge is 0.481 e. The summed E-state index contributed by atoms with van der Waals surface area (Å²) >= 11 is 0. The average molecular weight is 1600 g/mol. The number of hydrogen-bond donors (Lipinski definition) is 11. The van der Waals surface area contributed by atoms with E-state index in [4.69, 9.17) is 49.9 Å². The van der Waals surface area contributed by atoms with E-state index in [1.54, 1.807) is 35.1 Å². The van der Waals surface area contributed by atoms with Crippen LogP contribution in [0.3, 0.4) is 0 Å². The fourth-order valence-corrected chi connectivity index (χ4v) is 17.5. The largest absolute Gasteiger partial charge is 0.509 e. The second kappa shape index (κ2) is 38.1. The normalized spacial score (nSPS) is 17.7. The number of aliphatic carboxylic acids is 1. The molecular formula is C73H88N12O21S4. The van der Waals surface area contributed by atoms with Crippen LogP contribution < -0.4 is 54.5 Å². The highest BCUT2D eigenvalue weighted by molar-refractivity contribution is 8.77. The number of pyridine rings is 4. The number of carbonyl (C=O) groups excluding carboxylic acids is 9. The number of nitrogens with one attached hydrogen (secondary N) is 6. The van der Waals surface area contributed by atoms with Crippen LogP contribution in [0.1, 0.15) is 125 Å². The molecule has 0 fully saturated rings. The summed E-state index contributed by atoms with van der Waals surface area (Å²) < 4.78 is 36.5. The van der Waals surface area contributed by atoms with Gasteiger partial charge in [0.25, 0.3) is 11.1 Å². The minimum Gasteiger partial charge on any atom is -0.481 e. The zero-order chi connectivity index (χ0) is 79.0. The number of carbonyl (C=O) groups is 10. The lowest BCUT2D eigenvalue weighted by atomic mass is 9.85. The van der Waals surface area contributed by atoms with E-state index in [0.717, 1.165) is 43.5 Å². The second-order valence-electron chi connectivity index (χ2n) is 26.5. The fourth-order valence-electron chi connectivity index (χ4n) is 13.4. The molecule has 0 spiro atoms. The summed E-state index contributed by atoms with van der Waals surface area (Å²) in [6.45, 7) is 5.59. The molecule has 13 N–H and O–H groups in total. The molecule has 590 valence electrons. The topological polar surface area (TPSA) is 481 Å². The molecule has 0 saturated heterocycles. The van der Waals surface area contributed by atoms with Gasteiger partial charge in [0, 0.05) is 69.4 Å². The Kier molecular flexibility index (Phi) is 28.8. The number of carboxylic acids is 1. The van der Waals surface area contributed by atoms with Gasteiger partial charge in [0.15, 0.2) is 0 Å². The van der Waals surface area contributed by atoms with E-state index in [9.17, 15) is 72.9 Å². The molecule has 33 nitrogen and oxygen atoms in total. The van der Waals surface area contributed by atoms with Gasteiger partial charge in [-0.3, -0.25) is 49.0 Å². The van der Waals surface area contributed by atoms with Crippen LogP contribution in [0.5, 0.6) is 0 Å². The Morgan fingerprint density at radius 1 is 0.618 bits per heavy atom. The van der Waals surface area contributed by atoms with Crippen LogP contribution in [0.25, 0.3) is 44.6 Å². The van der Waals surface area contributed by atoms with Gasteiger partial charge in [0.05, 0.1) is 64.1 Å². The van der Waals surface area contributed by atoms with Crippen molar-refractivity contribution in [3.63, 3.8) is 0 Å². The Morgan fingerprint density at radius 3 is 1.55 bits per heavy atom. The van der Waals surface area contributed by atoms with Crippen molar-refractivity contribution in [2.45, 2.75) is 172 Å². The number of unbranched alkanes of at least 4 members (excludes halogenated alkanes) is 2. The standard InChI is InChI=1S/C73H88N12O21S4/c1-5-72(47-31-56-59-43(29-41-15-7-9-17-49(41)79-59)33-84(56)66(95)45(47)35-103-68(72)97)105-70(99)101-25-27-107-109-37-54(77-39(3)86)62(91)76-24-14-12-20-53(64(93)82-52(19-11-13-23-74)63(92)81-51(61(75)90)21-22-58(88)89)83-65(94)55(78-40(4)87)38-110-108-28-26-102-71(100)106-73(6-2)48-32-57-60-44(30-42-16-8-10-18-50(42)80-60)34-85(57)67(96)46(48)36-104-69(73)98/h7-10,15-18,29-32,39,51-55,62,76-77,86,91H,5-6,11-14,19-28,33-38,74H2,1-4H3,(H2,75,90)(H,78,87)(H,81,92)(H,82,93)(H,83,94)(H,88,89)/t39?,51-,52-,53-,54+,55+,62?,72-,73+/m0/s1. The van der Waals surface area contributed by atoms with Gasteiger partial charge >= 0.3 is 30.2 Å². The number of aliphatic hydroxyl groups is 2. The minimum absolute atomic E-state index is 0.00438. The van der Waals surface area contributed by atoms with Crippen LogP contribution in [-0.4, -0.2) is 186 Å². The molecule has 8 heterocycles. The van der Waals surface area contributed by atoms with E-state index in [-0.39, 0.29) is 143 Å². The predicted octanol–water partition coefficient (Wildman–Crippen LogP) is 4.07. The first kappa shape index (κ1) is 83.1. The molecule has 0 aliphatic carbocycles. The maximum absolute atomic E-state index is 14.5. The Morgan fingerprint density at radius 2 is 1.09 bits per heavy atom. The number of carboxylic acid groups (broad SMARTS) is 1. The second-order valence-corrected chi connectivity index (χ2v) is 31.8. The Labute approximate surface area is 646 Å². The van der Waals surface area contributed by atoms with Gasteiger partial charge in [-0.15, -0.1) is 0 Å². The first-order chi connectivity index (χ1) is 52.8. The highest BCUT2D eigenvalue weighted by Crippen LogP contribution is 2.44. The number of rotatable bonds is 40. The Balaban J connectivity index is 0.723. The van der Waals surface area contributed by atoms with Crippen molar-refractivity contribution < 1.29 is 91.7 Å². The van der Waals surface area contributed by atoms with Crippen LogP contribution in [0, 0.1) is 0 Å². The van der Waals surface area contributed by atoms with Crippen LogP contribution >= 0.6 is 43.2 Å². The van der Waals surface area contributed by atoms with Crippen molar-refractivity contribution in [2.75, 3.05) is 49.3 Å². The number of primary amides is 1. The van der Waals surface area contributed by atoms with E-state index in [1.807, 2.05) is 60.7 Å². The fraction of sp³-hybridized carbons (Fsp3) is 0.479. The highest BCUT2D eigenvalue weighted by Gasteiger charge is 2.53. The number of para-hydroxylation sites is 2. The van der Waals surface area contributed by atoms with Gasteiger partial charge in [0.2, 0.25) is 40.7 Å². The van der Waals surface area contributed by atoms with E-state index in [2.05, 4.69) is 31.9 Å². The number of fused-ring (bicyclic) bond motifs is 10. The number of esters is 2. The molecule has 0 saturated carbocycles. The third kappa shape index (κ3) is 19.7. The van der Waals surface area contributed by atoms with E-state index < -0.39 is 131 Å². The van der Waals surface area contributed by atoms with Crippen molar-refractivity contribution in [1.82, 2.24) is 51.0 Å². The summed E-state index contributed by atoms with van der Waals surface area (Å²) in [6, 6.07) is 16.0. The maximum atomic E-state index is 14.5. The summed E-state index contributed by atoms with van der Waals surface area (Å²) in [5.74, 6) is -6.77. The van der Waals surface area contributed by atoms with Crippen LogP contribution in [0.2, 0.25) is 0 Å². The van der Waals surface area contributed by atoms with Crippen LogP contribution in [0.4, 0.5) is 9.59 Å². The molecular weight excluding hydrogens is 1510 g/mol. The lowest BCUT2D eigenvalue weighted by Gasteiger charge is -2.35. The molecule has 2 aromatic carbocycles. The SMILES string of the molecule is CC[C@]1(OC(=O)OCCSSC[C@@H](NC(C)=O)C(=O)N[C@@H](CCCCNC(O)[C@@H](CSSCCOC(=O)O[C@]2(CC)C(=O)OCc3c2cc2n(c3=O)Cc3cc4ccccc4nc3-2)NC(C)O)C(=O)N[C@@H](CCCCN)C(=O)N[C@@H](CCC(=O)O)C(N)=O)C(=O)OCc2c1cc1n(c2=O)Cc2cc3ccccc3nc2-1. The van der Waals surface area contributed by atoms with Crippen molar-refractivity contribution in [2.24, 2.45) is 11.5 Å². The lowest BCUT2D eigenvalue weighted by Crippen LogP contribution is -2.58. The summed E-state index contributed by atoms with van der Waals surface area (Å²) in [5.41, 5.74) is 12.1. The molecule has 2 unspecified atom stereocenters. The van der Waals surface area contributed by atoms with Gasteiger partial charge in [-0.1, -0.05) is 93.4 Å². The average Bonchev–Trinajstić information content (AvgIpc) is 1.51. The first-order valence-corrected chi connectivity index (χ1v) is 40.9. The number of nitrogens with zero attached hydrogens (tertiary/aromatic N) is 4. The Bertz CT molecular complexity index is 4610. The molecule has 4 aliphatic heterocycles. The molecule has 37 heteroatoms. The molecule has 0 radical (unpaired) electrons. The number of amides is 5. The Hall–Kier alpha value is -9.34. The number of benzene rings is 2. The number of ether oxygens (including phenoxy) is 6. The third-order valence-corrected chi connectivity index (χ3v) is 23.8. The number of nitrogens with two attached hydrogens (primary N) is 2. The molecule has 10 rings (SSSR count). The zero-order valence-corrected chi connectivity index (χ0v) is 64.1. The number of aromatic nitrogens is 4. The summed E-state index contributed by atoms with van der Waals surface area (Å²) in [7, 11) is 4.78. The first-order valence-electron chi connectivity index (χ1n) is 35.9. The molecule has 110 heavy (non-hydrogen) atoms. The van der Waals surface area contributed by atoms with Crippen molar-refractivity contribution in [1.29, 1.82) is 0 Å². The molecule has 4 aromatic heterocycles. The summed E-state index contributed by atoms with van der Waals surface area (Å²) in [4.78, 5) is 171. The van der Waals surface area contributed by atoms with E-state index in [0.29, 0.717) is 46.7 Å². The number of aliphatic hydroxyl groups excluding tert-OH is 2. The van der Waals surface area contributed by atoms with Crippen LogP contribution in [0.15, 0.2) is 82.4 Å². The van der Waals surface area contributed by atoms with Crippen LogP contribution in [-0.2, 0) is 104 Å². The van der Waals surface area contributed by atoms with Crippen molar-refractivity contribution in [3.8, 4) is 22.8 Å². The predicted molar refractivity (Wildman–Crippen MR) is 408 cm³/mol. The monoisotopic (exact) mass is 1600 g/mol. The van der Waals surface area contributed by atoms with Crippen molar-refractivity contribution in [3.05, 3.63) is 127 Å². The van der Waals surface area contributed by atoms with Gasteiger partial charge in [-0.05, 0) is 114 Å². The number of cyclic esters (lactones) is 2. The van der Waals surface area contributed by atoms with E-state index in [1.165, 1.54) is 35.4 Å². The van der Waals surface area contributed by atoms with Gasteiger partial charge in [-0.25, -0.2) is 29.1 Å². The molecule has 4 aliphatic rings. The van der Waals surface area contributed by atoms with Gasteiger partial charge in [0.1, 0.15) is 63.1 Å².